The maximum Gasteiger partial charge on any atom is 0.315 e. The van der Waals surface area contributed by atoms with E-state index in [-0.39, 0.29) is 24.8 Å². The van der Waals surface area contributed by atoms with E-state index in [2.05, 4.69) is 10.6 Å². The third-order valence-electron chi connectivity index (χ3n) is 3.12. The number of aliphatic carboxylic acids is 1. The Morgan fingerprint density at radius 2 is 1.95 bits per heavy atom. The maximum atomic E-state index is 12.9. The minimum absolute atomic E-state index is 0.00606. The molecule has 7 heteroatoms. The average molecular weight is 312 g/mol. The molecular formula is C15H21FN2O4. The number of hydrogen-bond donors (Lipinski definition) is 3. The summed E-state index contributed by atoms with van der Waals surface area (Å²) in [6.45, 7) is 2.05. The third kappa shape index (κ3) is 6.09. The van der Waals surface area contributed by atoms with Gasteiger partial charge in [-0.2, -0.15) is 0 Å². The van der Waals surface area contributed by atoms with Gasteiger partial charge in [0, 0.05) is 20.1 Å². The number of carbonyl (C=O) groups is 2. The summed E-state index contributed by atoms with van der Waals surface area (Å²) in [5, 5.41) is 13.8. The first-order valence-corrected chi connectivity index (χ1v) is 6.98. The van der Waals surface area contributed by atoms with Gasteiger partial charge in [-0.1, -0.05) is 12.1 Å². The Hall–Kier alpha value is -2.15. The van der Waals surface area contributed by atoms with E-state index in [1.165, 1.54) is 19.2 Å². The highest BCUT2D eigenvalue weighted by molar-refractivity contribution is 5.74. The van der Waals surface area contributed by atoms with Crippen LogP contribution in [0.1, 0.15) is 31.4 Å². The van der Waals surface area contributed by atoms with Crippen LogP contribution in [0.2, 0.25) is 0 Å². The molecule has 0 aliphatic heterocycles. The number of nitrogens with one attached hydrogen (secondary N) is 2. The molecule has 2 atom stereocenters. The summed E-state index contributed by atoms with van der Waals surface area (Å²) in [5.74, 6) is -1.23. The molecule has 0 heterocycles. The van der Waals surface area contributed by atoms with Crippen molar-refractivity contribution in [3.05, 3.63) is 35.6 Å². The molecule has 0 aromatic heterocycles. The minimum Gasteiger partial charge on any atom is -0.481 e. The van der Waals surface area contributed by atoms with E-state index in [9.17, 15) is 14.0 Å². The van der Waals surface area contributed by atoms with Gasteiger partial charge in [-0.05, 0) is 31.0 Å². The number of benzene rings is 1. The number of rotatable bonds is 8. The van der Waals surface area contributed by atoms with Crippen molar-refractivity contribution in [2.24, 2.45) is 0 Å². The standard InChI is InChI=1S/C15H21FN2O4/c1-10(18-15(21)17-9-3-4-13(19)20)14(22-2)11-5-7-12(16)8-6-11/h5-8,10,14H,3-4,9H2,1-2H3,(H,19,20)(H2,17,18,21). The summed E-state index contributed by atoms with van der Waals surface area (Å²) >= 11 is 0. The number of amides is 2. The van der Waals surface area contributed by atoms with Crippen molar-refractivity contribution in [2.45, 2.75) is 31.9 Å². The van der Waals surface area contributed by atoms with Crippen molar-refractivity contribution in [1.29, 1.82) is 0 Å². The van der Waals surface area contributed by atoms with Crippen LogP contribution in [0.3, 0.4) is 0 Å². The summed E-state index contributed by atoms with van der Waals surface area (Å²) in [6, 6.07) is 5.14. The summed E-state index contributed by atoms with van der Waals surface area (Å²) in [6.07, 6.45) is -0.0417. The Bertz CT molecular complexity index is 493. The topological polar surface area (TPSA) is 87.7 Å². The average Bonchev–Trinajstić information content (AvgIpc) is 2.46. The first kappa shape index (κ1) is 17.9. The number of carboxylic acid groups (broad SMARTS) is 1. The Balaban J connectivity index is 2.47. The third-order valence-corrected chi connectivity index (χ3v) is 3.12. The maximum absolute atomic E-state index is 12.9. The number of methoxy groups -OCH3 is 1. The SMILES string of the molecule is COC(c1ccc(F)cc1)C(C)NC(=O)NCCCC(=O)O. The fourth-order valence-electron chi connectivity index (χ4n) is 2.06. The smallest absolute Gasteiger partial charge is 0.315 e. The molecule has 0 saturated carbocycles. The van der Waals surface area contributed by atoms with Gasteiger partial charge >= 0.3 is 12.0 Å². The monoisotopic (exact) mass is 312 g/mol. The van der Waals surface area contributed by atoms with Crippen LogP contribution in [0.5, 0.6) is 0 Å². The molecule has 1 aromatic rings. The lowest BCUT2D eigenvalue weighted by molar-refractivity contribution is -0.137. The fourth-order valence-corrected chi connectivity index (χ4v) is 2.06. The second-order valence-electron chi connectivity index (χ2n) is 4.89. The fraction of sp³-hybridized carbons (Fsp3) is 0.467. The molecule has 0 radical (unpaired) electrons. The summed E-state index contributed by atoms with van der Waals surface area (Å²) < 4.78 is 18.3. The highest BCUT2D eigenvalue weighted by Crippen LogP contribution is 2.20. The van der Waals surface area contributed by atoms with E-state index in [1.54, 1.807) is 19.1 Å². The second-order valence-corrected chi connectivity index (χ2v) is 4.89. The highest BCUT2D eigenvalue weighted by Gasteiger charge is 2.20. The van der Waals surface area contributed by atoms with Crippen molar-refractivity contribution < 1.29 is 23.8 Å². The number of ether oxygens (including phenoxy) is 1. The van der Waals surface area contributed by atoms with Crippen LogP contribution in [0.25, 0.3) is 0 Å². The van der Waals surface area contributed by atoms with Crippen LogP contribution >= 0.6 is 0 Å². The normalized spacial score (nSPS) is 13.2. The molecule has 2 unspecified atom stereocenters. The quantitative estimate of drug-likeness (QED) is 0.641. The Kier molecular flexibility index (Phi) is 7.31. The lowest BCUT2D eigenvalue weighted by Gasteiger charge is -2.24. The molecule has 3 N–H and O–H groups in total. The lowest BCUT2D eigenvalue weighted by atomic mass is 10.0. The molecule has 0 aliphatic rings. The summed E-state index contributed by atoms with van der Waals surface area (Å²) in [5.41, 5.74) is 0.752. The van der Waals surface area contributed by atoms with Gasteiger partial charge in [-0.3, -0.25) is 4.79 Å². The minimum atomic E-state index is -0.897. The van der Waals surface area contributed by atoms with Crippen molar-refractivity contribution in [2.75, 3.05) is 13.7 Å². The van der Waals surface area contributed by atoms with Crippen molar-refractivity contribution in [3.63, 3.8) is 0 Å². The van der Waals surface area contributed by atoms with E-state index in [0.29, 0.717) is 6.42 Å². The molecule has 0 fully saturated rings. The number of carboxylic acids is 1. The van der Waals surface area contributed by atoms with E-state index in [4.69, 9.17) is 9.84 Å². The molecule has 0 saturated heterocycles. The summed E-state index contributed by atoms with van der Waals surface area (Å²) in [7, 11) is 1.51. The summed E-state index contributed by atoms with van der Waals surface area (Å²) in [4.78, 5) is 22.1. The van der Waals surface area contributed by atoms with Crippen molar-refractivity contribution in [3.8, 4) is 0 Å². The molecule has 22 heavy (non-hydrogen) atoms. The Morgan fingerprint density at radius 1 is 1.32 bits per heavy atom. The van der Waals surface area contributed by atoms with Crippen LogP contribution < -0.4 is 10.6 Å². The molecular weight excluding hydrogens is 291 g/mol. The van der Waals surface area contributed by atoms with Crippen LogP contribution in [0.15, 0.2) is 24.3 Å². The zero-order chi connectivity index (χ0) is 16.5. The van der Waals surface area contributed by atoms with Gasteiger partial charge in [0.15, 0.2) is 0 Å². The molecule has 1 aromatic carbocycles. The van der Waals surface area contributed by atoms with Gasteiger partial charge in [-0.15, -0.1) is 0 Å². The lowest BCUT2D eigenvalue weighted by Crippen LogP contribution is -2.44. The second kappa shape index (κ2) is 8.99. The molecule has 122 valence electrons. The van der Waals surface area contributed by atoms with Gasteiger partial charge in [0.1, 0.15) is 11.9 Å². The predicted octanol–water partition coefficient (Wildman–Crippen LogP) is 2.07. The number of carbonyl (C=O) groups excluding carboxylic acids is 1. The van der Waals surface area contributed by atoms with Gasteiger partial charge < -0.3 is 20.5 Å². The highest BCUT2D eigenvalue weighted by atomic mass is 19.1. The van der Waals surface area contributed by atoms with Gasteiger partial charge in [-0.25, -0.2) is 9.18 Å². The van der Waals surface area contributed by atoms with Gasteiger partial charge in [0.05, 0.1) is 6.04 Å². The zero-order valence-corrected chi connectivity index (χ0v) is 12.6. The first-order valence-electron chi connectivity index (χ1n) is 6.98. The van der Waals surface area contributed by atoms with Crippen LogP contribution in [-0.4, -0.2) is 36.8 Å². The van der Waals surface area contributed by atoms with Crippen LogP contribution in [-0.2, 0) is 9.53 Å². The molecule has 0 spiro atoms. The first-order chi connectivity index (χ1) is 10.4. The molecule has 2 amide bonds. The molecule has 6 nitrogen and oxygen atoms in total. The van der Waals surface area contributed by atoms with E-state index >= 15 is 0 Å². The van der Waals surface area contributed by atoms with Crippen molar-refractivity contribution in [1.82, 2.24) is 10.6 Å². The van der Waals surface area contributed by atoms with Crippen LogP contribution in [0, 0.1) is 5.82 Å². The van der Waals surface area contributed by atoms with Crippen molar-refractivity contribution >= 4 is 12.0 Å². The Morgan fingerprint density at radius 3 is 2.50 bits per heavy atom. The zero-order valence-electron chi connectivity index (χ0n) is 12.6. The largest absolute Gasteiger partial charge is 0.481 e. The van der Waals surface area contributed by atoms with E-state index in [0.717, 1.165) is 5.56 Å². The number of halogens is 1. The number of urea groups is 1. The predicted molar refractivity (Wildman–Crippen MR) is 79.0 cm³/mol. The van der Waals surface area contributed by atoms with E-state index in [1.807, 2.05) is 0 Å². The number of hydrogen-bond acceptors (Lipinski definition) is 3. The van der Waals surface area contributed by atoms with Gasteiger partial charge in [0.2, 0.25) is 0 Å². The van der Waals surface area contributed by atoms with E-state index < -0.39 is 18.1 Å². The molecule has 0 bridgehead atoms. The molecule has 0 aliphatic carbocycles. The Labute approximate surface area is 128 Å². The van der Waals surface area contributed by atoms with Gasteiger partial charge in [0.25, 0.3) is 0 Å². The van der Waals surface area contributed by atoms with Crippen LogP contribution in [0.4, 0.5) is 9.18 Å². The molecule has 1 rings (SSSR count).